The third-order valence-electron chi connectivity index (χ3n) is 4.10. The molecule has 1 saturated heterocycles. The van der Waals surface area contributed by atoms with E-state index < -0.39 is 0 Å². The minimum atomic E-state index is 0.587. The fourth-order valence-electron chi connectivity index (χ4n) is 2.72. The van der Waals surface area contributed by atoms with E-state index in [1.807, 2.05) is 4.52 Å². The Bertz CT molecular complexity index is 566. The summed E-state index contributed by atoms with van der Waals surface area (Å²) in [7, 11) is 0. The summed E-state index contributed by atoms with van der Waals surface area (Å²) in [5.74, 6) is 1.66. The van der Waals surface area contributed by atoms with Gasteiger partial charge in [-0.3, -0.25) is 4.90 Å². The van der Waals surface area contributed by atoms with Gasteiger partial charge in [-0.15, -0.1) is 10.2 Å². The largest absolute Gasteiger partial charge is 0.314 e. The maximum Gasteiger partial charge on any atom is 0.234 e. The molecule has 1 aliphatic heterocycles. The Morgan fingerprint density at radius 1 is 1.21 bits per heavy atom. The Balaban J connectivity index is 1.55. The van der Waals surface area contributed by atoms with Crippen LogP contribution in [-0.2, 0) is 6.54 Å². The van der Waals surface area contributed by atoms with Crippen LogP contribution in [0, 0.1) is 0 Å². The molecule has 0 atom stereocenters. The molecule has 102 valence electrons. The first-order chi connectivity index (χ1) is 9.40. The fourth-order valence-corrected chi connectivity index (χ4v) is 3.60. The second-order valence-electron chi connectivity index (χ2n) is 5.40. The van der Waals surface area contributed by atoms with Crippen molar-refractivity contribution in [2.24, 2.45) is 0 Å². The van der Waals surface area contributed by atoms with Gasteiger partial charge in [0.05, 0.1) is 6.54 Å². The van der Waals surface area contributed by atoms with E-state index in [-0.39, 0.29) is 0 Å². The van der Waals surface area contributed by atoms with Crippen LogP contribution in [0.15, 0.2) is 0 Å². The van der Waals surface area contributed by atoms with Crippen molar-refractivity contribution in [1.29, 1.82) is 0 Å². The number of nitrogens with one attached hydrogen (secondary N) is 1. The minimum absolute atomic E-state index is 0.587. The van der Waals surface area contributed by atoms with Gasteiger partial charge in [-0.05, 0) is 12.8 Å². The summed E-state index contributed by atoms with van der Waals surface area (Å²) in [4.78, 5) is 3.40. The minimum Gasteiger partial charge on any atom is -0.314 e. The first kappa shape index (κ1) is 11.7. The number of fused-ring (bicyclic) bond motifs is 1. The van der Waals surface area contributed by atoms with E-state index in [2.05, 4.69) is 20.4 Å². The van der Waals surface area contributed by atoms with Crippen LogP contribution in [0.2, 0.25) is 0 Å². The molecule has 6 nitrogen and oxygen atoms in total. The molecule has 2 aromatic heterocycles. The van der Waals surface area contributed by atoms with Gasteiger partial charge in [0.2, 0.25) is 4.96 Å². The van der Waals surface area contributed by atoms with E-state index in [1.54, 1.807) is 11.3 Å². The predicted molar refractivity (Wildman–Crippen MR) is 73.4 cm³/mol. The number of hydrogen-bond donors (Lipinski definition) is 1. The van der Waals surface area contributed by atoms with Crippen LogP contribution in [0.25, 0.3) is 4.96 Å². The zero-order valence-corrected chi connectivity index (χ0v) is 11.7. The molecule has 0 aromatic carbocycles. The highest BCUT2D eigenvalue weighted by atomic mass is 32.1. The van der Waals surface area contributed by atoms with E-state index in [4.69, 9.17) is 5.10 Å². The monoisotopic (exact) mass is 278 g/mol. The number of piperazine rings is 1. The molecule has 2 fully saturated rings. The lowest BCUT2D eigenvalue weighted by Crippen LogP contribution is -2.42. The third-order valence-corrected chi connectivity index (χ3v) is 4.98. The third kappa shape index (κ3) is 2.15. The highest BCUT2D eigenvalue weighted by Crippen LogP contribution is 2.35. The SMILES string of the molecule is C1CC(c2nnc3sc(CN4CCNCC4)nn23)C1. The molecule has 19 heavy (non-hydrogen) atoms. The zero-order chi connectivity index (χ0) is 12.7. The molecule has 1 N–H and O–H groups in total. The molecule has 2 aliphatic rings. The van der Waals surface area contributed by atoms with Crippen LogP contribution in [-0.4, -0.2) is 50.9 Å². The van der Waals surface area contributed by atoms with Crippen molar-refractivity contribution in [3.05, 3.63) is 10.8 Å². The van der Waals surface area contributed by atoms with Crippen LogP contribution < -0.4 is 5.32 Å². The number of aromatic nitrogens is 4. The molecule has 0 amide bonds. The second kappa shape index (κ2) is 4.81. The van der Waals surface area contributed by atoms with E-state index in [1.165, 1.54) is 19.3 Å². The Morgan fingerprint density at radius 3 is 2.79 bits per heavy atom. The van der Waals surface area contributed by atoms with Gasteiger partial charge in [-0.2, -0.15) is 9.61 Å². The van der Waals surface area contributed by atoms with Gasteiger partial charge in [0.25, 0.3) is 0 Å². The lowest BCUT2D eigenvalue weighted by Gasteiger charge is -2.25. The maximum absolute atomic E-state index is 4.72. The number of rotatable bonds is 3. The van der Waals surface area contributed by atoms with Crippen molar-refractivity contribution in [3.8, 4) is 0 Å². The Kier molecular flexibility index (Phi) is 2.97. The van der Waals surface area contributed by atoms with Crippen LogP contribution in [0.1, 0.15) is 36.0 Å². The average Bonchev–Trinajstić information content (AvgIpc) is 2.90. The molecule has 0 spiro atoms. The van der Waals surface area contributed by atoms with Crippen molar-refractivity contribution in [1.82, 2.24) is 30.0 Å². The predicted octanol–water partition coefficient (Wildman–Crippen LogP) is 0.859. The maximum atomic E-state index is 4.72. The normalized spacial score (nSPS) is 21.9. The van der Waals surface area contributed by atoms with Crippen molar-refractivity contribution < 1.29 is 0 Å². The summed E-state index contributed by atoms with van der Waals surface area (Å²) in [6.07, 6.45) is 3.80. The molecule has 0 bridgehead atoms. The van der Waals surface area contributed by atoms with E-state index >= 15 is 0 Å². The number of hydrogen-bond acceptors (Lipinski definition) is 6. The zero-order valence-electron chi connectivity index (χ0n) is 10.9. The van der Waals surface area contributed by atoms with Gasteiger partial charge in [-0.1, -0.05) is 17.8 Å². The highest BCUT2D eigenvalue weighted by molar-refractivity contribution is 7.16. The Morgan fingerprint density at radius 2 is 2.05 bits per heavy atom. The van der Waals surface area contributed by atoms with Crippen molar-refractivity contribution >= 4 is 16.3 Å². The average molecular weight is 278 g/mol. The van der Waals surface area contributed by atoms with Crippen molar-refractivity contribution in [2.75, 3.05) is 26.2 Å². The van der Waals surface area contributed by atoms with Crippen LogP contribution in [0.4, 0.5) is 0 Å². The summed E-state index contributed by atoms with van der Waals surface area (Å²) >= 11 is 1.68. The number of nitrogens with zero attached hydrogens (tertiary/aromatic N) is 5. The Labute approximate surface area is 115 Å². The van der Waals surface area contributed by atoms with E-state index in [9.17, 15) is 0 Å². The standard InChI is InChI=1S/C12H18N6S/c1-2-9(3-1)11-14-15-12-18(11)16-10(19-12)8-17-6-4-13-5-7-17/h9,13H,1-8H2. The summed E-state index contributed by atoms with van der Waals surface area (Å²) in [6, 6.07) is 0. The van der Waals surface area contributed by atoms with Crippen LogP contribution in [0.3, 0.4) is 0 Å². The van der Waals surface area contributed by atoms with Crippen LogP contribution in [0.5, 0.6) is 0 Å². The molecule has 1 saturated carbocycles. The van der Waals surface area contributed by atoms with Gasteiger partial charge < -0.3 is 5.32 Å². The fraction of sp³-hybridized carbons (Fsp3) is 0.750. The van der Waals surface area contributed by atoms with Gasteiger partial charge in [-0.25, -0.2) is 0 Å². The highest BCUT2D eigenvalue weighted by Gasteiger charge is 2.26. The summed E-state index contributed by atoms with van der Waals surface area (Å²) in [6.45, 7) is 5.32. The smallest absolute Gasteiger partial charge is 0.234 e. The van der Waals surface area contributed by atoms with Gasteiger partial charge in [0.15, 0.2) is 5.82 Å². The Hall–Kier alpha value is -1.05. The quantitative estimate of drug-likeness (QED) is 0.902. The molecule has 3 heterocycles. The van der Waals surface area contributed by atoms with E-state index in [0.29, 0.717) is 5.92 Å². The molecule has 7 heteroatoms. The van der Waals surface area contributed by atoms with Gasteiger partial charge in [0.1, 0.15) is 5.01 Å². The van der Waals surface area contributed by atoms with Gasteiger partial charge >= 0.3 is 0 Å². The van der Waals surface area contributed by atoms with Crippen LogP contribution >= 0.6 is 11.3 Å². The second-order valence-corrected chi connectivity index (χ2v) is 6.44. The van der Waals surface area contributed by atoms with Gasteiger partial charge in [0, 0.05) is 32.1 Å². The molecule has 1 aliphatic carbocycles. The molecule has 2 aromatic rings. The van der Waals surface area contributed by atoms with E-state index in [0.717, 1.165) is 48.5 Å². The molecular weight excluding hydrogens is 260 g/mol. The molecule has 4 rings (SSSR count). The first-order valence-corrected chi connectivity index (χ1v) is 7.86. The summed E-state index contributed by atoms with van der Waals surface area (Å²) in [5, 5.41) is 17.8. The summed E-state index contributed by atoms with van der Waals surface area (Å²) in [5.41, 5.74) is 0. The lowest BCUT2D eigenvalue weighted by atomic mass is 9.85. The molecule has 0 radical (unpaired) electrons. The molecule has 0 unspecified atom stereocenters. The topological polar surface area (TPSA) is 58.4 Å². The summed E-state index contributed by atoms with van der Waals surface area (Å²) < 4.78 is 1.98. The molecular formula is C12H18N6S. The lowest BCUT2D eigenvalue weighted by molar-refractivity contribution is 0.232. The first-order valence-electron chi connectivity index (χ1n) is 7.04. The van der Waals surface area contributed by atoms with Crippen molar-refractivity contribution in [3.63, 3.8) is 0 Å². The van der Waals surface area contributed by atoms with Crippen molar-refractivity contribution in [2.45, 2.75) is 31.7 Å².